The van der Waals surface area contributed by atoms with Crippen LogP contribution in [0.15, 0.2) is 84.0 Å². The van der Waals surface area contributed by atoms with Gasteiger partial charge >= 0.3 is 0 Å². The predicted octanol–water partition coefficient (Wildman–Crippen LogP) is 4.65. The zero-order valence-corrected chi connectivity index (χ0v) is 23.3. The van der Waals surface area contributed by atoms with Crippen molar-refractivity contribution in [3.63, 3.8) is 0 Å². The van der Waals surface area contributed by atoms with Crippen LogP contribution in [0.1, 0.15) is 41.6 Å². The second-order valence-corrected chi connectivity index (χ2v) is 11.9. The molecule has 3 aromatic heterocycles. The molecule has 0 bridgehead atoms. The summed E-state index contributed by atoms with van der Waals surface area (Å²) in [6, 6.07) is 17.8. The van der Waals surface area contributed by atoms with Crippen molar-refractivity contribution in [3.8, 4) is 5.69 Å². The van der Waals surface area contributed by atoms with E-state index >= 15 is 0 Å². The molecule has 0 aliphatic carbocycles. The molecule has 1 N–H and O–H groups in total. The lowest BCUT2D eigenvalue weighted by molar-refractivity contribution is -0.124. The highest BCUT2D eigenvalue weighted by Gasteiger charge is 2.55. The molecule has 0 spiro atoms. The molecule has 0 unspecified atom stereocenters. The van der Waals surface area contributed by atoms with Crippen LogP contribution in [-0.2, 0) is 11.8 Å². The van der Waals surface area contributed by atoms with Gasteiger partial charge in [0.25, 0.3) is 5.91 Å². The first-order valence-corrected chi connectivity index (χ1v) is 13.7. The van der Waals surface area contributed by atoms with Gasteiger partial charge in [0, 0.05) is 42.9 Å². The molecule has 1 aliphatic heterocycles. The van der Waals surface area contributed by atoms with E-state index in [1.807, 2.05) is 69.3 Å². The number of pyridine rings is 1. The molecule has 10 heteroatoms. The van der Waals surface area contributed by atoms with Crippen molar-refractivity contribution in [2.75, 3.05) is 4.90 Å². The Bertz CT molecular complexity index is 1830. The Morgan fingerprint density at radius 3 is 2.48 bits per heavy atom. The standard InChI is InChI=1S/C30H28N6O3S.H2/c1-18-15-31-28(40-18)27(38)33-26-25(19-8-6-5-7-9-19)35(29(39)30(26,2)3)21-10-12-23-20(14-21)16-32-36(23)22-11-13-24(37)34(4)17-22;/h5-17,25-26H,1-4H3,(H,33,38);1H/t25-,26-;/m1./s1. The summed E-state index contributed by atoms with van der Waals surface area (Å²) >= 11 is 1.33. The molecule has 0 radical (unpaired) electrons. The average Bonchev–Trinajstić information content (AvgIpc) is 3.62. The van der Waals surface area contributed by atoms with Gasteiger partial charge in [-0.25, -0.2) is 9.67 Å². The summed E-state index contributed by atoms with van der Waals surface area (Å²) in [5.41, 5.74) is 2.23. The lowest BCUT2D eigenvalue weighted by Gasteiger charge is -2.30. The molecule has 1 aliphatic rings. The fourth-order valence-electron chi connectivity index (χ4n) is 5.39. The summed E-state index contributed by atoms with van der Waals surface area (Å²) in [7, 11) is 1.70. The van der Waals surface area contributed by atoms with Crippen molar-refractivity contribution >= 4 is 39.7 Å². The first-order chi connectivity index (χ1) is 19.1. The number of amides is 2. The third-order valence-electron chi connectivity index (χ3n) is 7.53. The number of aryl methyl sites for hydroxylation is 2. The van der Waals surface area contributed by atoms with E-state index in [2.05, 4.69) is 15.4 Å². The van der Waals surface area contributed by atoms with Crippen LogP contribution < -0.4 is 15.8 Å². The number of nitrogens with zero attached hydrogens (tertiary/aromatic N) is 5. The first kappa shape index (κ1) is 25.7. The summed E-state index contributed by atoms with van der Waals surface area (Å²) < 4.78 is 3.27. The van der Waals surface area contributed by atoms with Crippen LogP contribution in [0.2, 0.25) is 0 Å². The number of hydrogen-bond donors (Lipinski definition) is 1. The van der Waals surface area contributed by atoms with E-state index in [4.69, 9.17) is 0 Å². The van der Waals surface area contributed by atoms with Crippen molar-refractivity contribution in [1.82, 2.24) is 24.6 Å². The van der Waals surface area contributed by atoms with Gasteiger partial charge in [0.1, 0.15) is 0 Å². The van der Waals surface area contributed by atoms with Gasteiger partial charge in [-0.15, -0.1) is 11.3 Å². The minimum atomic E-state index is -0.892. The molecule has 6 rings (SSSR count). The highest BCUT2D eigenvalue weighted by atomic mass is 32.1. The van der Waals surface area contributed by atoms with Crippen molar-refractivity contribution in [3.05, 3.63) is 105 Å². The quantitative estimate of drug-likeness (QED) is 0.341. The van der Waals surface area contributed by atoms with Crippen molar-refractivity contribution in [1.29, 1.82) is 0 Å². The molecule has 1 saturated heterocycles. The summed E-state index contributed by atoms with van der Waals surface area (Å²) in [5.74, 6) is -0.382. The van der Waals surface area contributed by atoms with Crippen LogP contribution in [0.4, 0.5) is 5.69 Å². The first-order valence-electron chi connectivity index (χ1n) is 12.9. The second-order valence-electron chi connectivity index (χ2n) is 10.6. The molecule has 9 nitrogen and oxygen atoms in total. The number of thiazole rings is 1. The number of anilines is 1. The fourth-order valence-corrected chi connectivity index (χ4v) is 6.05. The Kier molecular flexibility index (Phi) is 6.14. The summed E-state index contributed by atoms with van der Waals surface area (Å²) in [5, 5.41) is 8.92. The average molecular weight is 555 g/mol. The third kappa shape index (κ3) is 4.21. The molecule has 2 aromatic carbocycles. The Morgan fingerprint density at radius 1 is 1.02 bits per heavy atom. The molecule has 40 heavy (non-hydrogen) atoms. The molecule has 2 amide bonds. The SMILES string of the molecule is Cc1cnc(C(=O)N[C@@H]2[C@@H](c3ccccc3)N(c3ccc4c(cnn4-c4ccc(=O)n(C)c4)c3)C(=O)C2(C)C)s1.[HH]. The van der Waals surface area contributed by atoms with Gasteiger partial charge in [-0.2, -0.15) is 5.10 Å². The monoisotopic (exact) mass is 554 g/mol. The van der Waals surface area contributed by atoms with Gasteiger partial charge in [0.05, 0.1) is 34.9 Å². The largest absolute Gasteiger partial charge is 0.344 e. The minimum Gasteiger partial charge on any atom is -0.344 e. The van der Waals surface area contributed by atoms with Crippen molar-refractivity contribution in [2.45, 2.75) is 32.9 Å². The van der Waals surface area contributed by atoms with E-state index in [1.54, 1.807) is 41.3 Å². The highest BCUT2D eigenvalue weighted by Crippen LogP contribution is 2.47. The third-order valence-corrected chi connectivity index (χ3v) is 8.44. The van der Waals surface area contributed by atoms with Crippen LogP contribution in [0, 0.1) is 12.3 Å². The summed E-state index contributed by atoms with van der Waals surface area (Å²) in [4.78, 5) is 46.2. The fraction of sp³-hybridized carbons (Fsp3) is 0.233. The number of nitrogens with one attached hydrogen (secondary N) is 1. The molecule has 2 atom stereocenters. The zero-order valence-electron chi connectivity index (χ0n) is 22.5. The van der Waals surface area contributed by atoms with E-state index in [0.29, 0.717) is 10.7 Å². The van der Waals surface area contributed by atoms with Gasteiger partial charge in [-0.3, -0.25) is 14.4 Å². The van der Waals surface area contributed by atoms with Gasteiger partial charge < -0.3 is 14.8 Å². The lowest BCUT2D eigenvalue weighted by atomic mass is 9.82. The van der Waals surface area contributed by atoms with Crippen LogP contribution >= 0.6 is 11.3 Å². The number of carbonyl (C=O) groups excluding carboxylic acids is 2. The van der Waals surface area contributed by atoms with Gasteiger partial charge in [-0.05, 0) is 50.6 Å². The van der Waals surface area contributed by atoms with Crippen LogP contribution in [0.25, 0.3) is 16.6 Å². The maximum absolute atomic E-state index is 14.1. The molecule has 4 heterocycles. The maximum atomic E-state index is 14.1. The Balaban J connectivity index is 0.00000337. The van der Waals surface area contributed by atoms with Gasteiger partial charge in [0.2, 0.25) is 11.5 Å². The Hall–Kier alpha value is -4.57. The normalized spacial score (nSPS) is 18.4. The van der Waals surface area contributed by atoms with Crippen LogP contribution in [0.3, 0.4) is 0 Å². The smallest absolute Gasteiger partial charge is 0.280 e. The molecular weight excluding hydrogens is 524 g/mol. The summed E-state index contributed by atoms with van der Waals surface area (Å²) in [6.45, 7) is 5.66. The zero-order chi connectivity index (χ0) is 28.2. The molecular formula is C30H30N6O3S. The molecule has 5 aromatic rings. The predicted molar refractivity (Wildman–Crippen MR) is 157 cm³/mol. The summed E-state index contributed by atoms with van der Waals surface area (Å²) in [6.07, 6.45) is 5.16. The van der Waals surface area contributed by atoms with E-state index in [-0.39, 0.29) is 18.8 Å². The number of carbonyl (C=O) groups is 2. The molecule has 0 saturated carbocycles. The molecule has 1 fully saturated rings. The van der Waals surface area contributed by atoms with Gasteiger partial charge in [-0.1, -0.05) is 30.3 Å². The van der Waals surface area contributed by atoms with Gasteiger partial charge in [0.15, 0.2) is 5.01 Å². The van der Waals surface area contributed by atoms with E-state index in [1.165, 1.54) is 22.0 Å². The molecule has 204 valence electrons. The second kappa shape index (κ2) is 9.56. The highest BCUT2D eigenvalue weighted by molar-refractivity contribution is 7.13. The van der Waals surface area contributed by atoms with E-state index in [9.17, 15) is 14.4 Å². The Labute approximate surface area is 236 Å². The van der Waals surface area contributed by atoms with E-state index < -0.39 is 17.5 Å². The van der Waals surface area contributed by atoms with Crippen LogP contribution in [0.5, 0.6) is 0 Å². The van der Waals surface area contributed by atoms with Crippen molar-refractivity contribution in [2.24, 2.45) is 12.5 Å². The lowest BCUT2D eigenvalue weighted by Crippen LogP contribution is -2.46. The number of rotatable bonds is 5. The minimum absolute atomic E-state index is 0. The van der Waals surface area contributed by atoms with E-state index in [0.717, 1.165) is 27.0 Å². The number of fused-ring (bicyclic) bond motifs is 1. The number of benzene rings is 2. The Morgan fingerprint density at radius 2 is 1.77 bits per heavy atom. The topological polar surface area (TPSA) is 102 Å². The number of aromatic nitrogens is 4. The maximum Gasteiger partial charge on any atom is 0.280 e. The van der Waals surface area contributed by atoms with Crippen molar-refractivity contribution < 1.29 is 11.0 Å². The van der Waals surface area contributed by atoms with Crippen LogP contribution in [-0.4, -0.2) is 37.2 Å². The number of hydrogen-bond acceptors (Lipinski definition) is 6.